The average molecular weight is 340 g/mol. The van der Waals surface area contributed by atoms with Gasteiger partial charge in [0.1, 0.15) is 11.9 Å². The lowest BCUT2D eigenvalue weighted by Crippen LogP contribution is -2.20. The molecule has 1 fully saturated rings. The SMILES string of the molecule is Nc1nc(-c2cccc3[nH]ccc23)nc(O[C@H]2CCOC2)c1C(=O)O. The molecule has 3 aromatic rings. The van der Waals surface area contributed by atoms with Crippen LogP contribution in [0.4, 0.5) is 5.82 Å². The monoisotopic (exact) mass is 340 g/mol. The third-order valence-corrected chi connectivity index (χ3v) is 4.12. The first kappa shape index (κ1) is 15.4. The Balaban J connectivity index is 1.84. The maximum absolute atomic E-state index is 11.6. The van der Waals surface area contributed by atoms with Crippen molar-refractivity contribution < 1.29 is 19.4 Å². The molecule has 1 atom stereocenters. The van der Waals surface area contributed by atoms with E-state index in [1.54, 1.807) is 0 Å². The number of aromatic carboxylic acids is 1. The Morgan fingerprint density at radius 3 is 3.00 bits per heavy atom. The molecule has 1 aliphatic rings. The van der Waals surface area contributed by atoms with Crippen molar-refractivity contribution in [1.82, 2.24) is 15.0 Å². The summed E-state index contributed by atoms with van der Waals surface area (Å²) in [4.78, 5) is 23.2. The molecule has 0 spiro atoms. The van der Waals surface area contributed by atoms with E-state index in [0.29, 0.717) is 25.5 Å². The number of benzene rings is 1. The largest absolute Gasteiger partial charge is 0.477 e. The van der Waals surface area contributed by atoms with Crippen molar-refractivity contribution in [3.05, 3.63) is 36.0 Å². The summed E-state index contributed by atoms with van der Waals surface area (Å²) in [5, 5.41) is 10.4. The van der Waals surface area contributed by atoms with Crippen LogP contribution in [0.3, 0.4) is 0 Å². The highest BCUT2D eigenvalue weighted by Gasteiger charge is 2.26. The lowest BCUT2D eigenvalue weighted by Gasteiger charge is -2.15. The van der Waals surface area contributed by atoms with E-state index in [1.165, 1.54) is 0 Å². The second kappa shape index (κ2) is 6.06. The van der Waals surface area contributed by atoms with Crippen molar-refractivity contribution in [3.63, 3.8) is 0 Å². The van der Waals surface area contributed by atoms with Gasteiger partial charge in [-0.05, 0) is 12.1 Å². The predicted octanol–water partition coefficient (Wildman–Crippen LogP) is 2.07. The Labute approximate surface area is 142 Å². The number of aromatic amines is 1. The standard InChI is InChI=1S/C17H16N4O4/c18-14-13(17(22)23)16(25-9-5-7-24-8-9)21-15(20-14)11-2-1-3-12-10(11)4-6-19-12/h1-4,6,9,19H,5,7-8H2,(H,22,23)(H2,18,20,21)/t9-/m0/s1. The van der Waals surface area contributed by atoms with Crippen LogP contribution in [0.5, 0.6) is 5.88 Å². The third kappa shape index (κ3) is 2.76. The van der Waals surface area contributed by atoms with Crippen LogP contribution in [0.15, 0.2) is 30.5 Å². The fourth-order valence-corrected chi connectivity index (χ4v) is 2.91. The number of anilines is 1. The summed E-state index contributed by atoms with van der Waals surface area (Å²) in [5.41, 5.74) is 7.35. The maximum atomic E-state index is 11.6. The molecule has 0 unspecified atom stereocenters. The predicted molar refractivity (Wildman–Crippen MR) is 90.5 cm³/mol. The zero-order chi connectivity index (χ0) is 17.4. The van der Waals surface area contributed by atoms with Crippen LogP contribution >= 0.6 is 0 Å². The molecule has 8 nitrogen and oxygen atoms in total. The molecule has 3 heterocycles. The van der Waals surface area contributed by atoms with E-state index >= 15 is 0 Å². The fourth-order valence-electron chi connectivity index (χ4n) is 2.91. The summed E-state index contributed by atoms with van der Waals surface area (Å²) < 4.78 is 11.0. The van der Waals surface area contributed by atoms with E-state index in [0.717, 1.165) is 16.5 Å². The van der Waals surface area contributed by atoms with Crippen LogP contribution in [0.2, 0.25) is 0 Å². The van der Waals surface area contributed by atoms with E-state index in [9.17, 15) is 9.90 Å². The molecule has 0 bridgehead atoms. The van der Waals surface area contributed by atoms with Crippen LogP contribution < -0.4 is 10.5 Å². The highest BCUT2D eigenvalue weighted by atomic mass is 16.5. The van der Waals surface area contributed by atoms with Crippen molar-refractivity contribution >= 4 is 22.7 Å². The number of aromatic nitrogens is 3. The second-order valence-electron chi connectivity index (χ2n) is 5.77. The zero-order valence-electron chi connectivity index (χ0n) is 13.2. The van der Waals surface area contributed by atoms with Gasteiger partial charge in [0.05, 0.1) is 13.2 Å². The molecule has 0 aliphatic carbocycles. The maximum Gasteiger partial charge on any atom is 0.345 e. The number of nitrogen functional groups attached to an aromatic ring is 1. The first-order valence-electron chi connectivity index (χ1n) is 7.85. The molecule has 4 N–H and O–H groups in total. The fraction of sp³-hybridized carbons (Fsp3) is 0.235. The lowest BCUT2D eigenvalue weighted by atomic mass is 10.1. The van der Waals surface area contributed by atoms with Crippen molar-refractivity contribution in [3.8, 4) is 17.3 Å². The van der Waals surface area contributed by atoms with Gasteiger partial charge in [-0.1, -0.05) is 12.1 Å². The molecule has 0 radical (unpaired) electrons. The van der Waals surface area contributed by atoms with Gasteiger partial charge in [0.2, 0.25) is 5.88 Å². The van der Waals surface area contributed by atoms with E-state index < -0.39 is 5.97 Å². The molecular formula is C17H16N4O4. The molecule has 4 rings (SSSR count). The molecule has 1 saturated heterocycles. The van der Waals surface area contributed by atoms with Crippen LogP contribution in [0.25, 0.3) is 22.3 Å². The van der Waals surface area contributed by atoms with E-state index in [2.05, 4.69) is 15.0 Å². The first-order valence-corrected chi connectivity index (χ1v) is 7.85. The Morgan fingerprint density at radius 2 is 2.24 bits per heavy atom. The van der Waals surface area contributed by atoms with Crippen LogP contribution in [-0.4, -0.2) is 45.3 Å². The van der Waals surface area contributed by atoms with Gasteiger partial charge in [-0.25, -0.2) is 9.78 Å². The summed E-state index contributed by atoms with van der Waals surface area (Å²) in [6, 6.07) is 7.56. The second-order valence-corrected chi connectivity index (χ2v) is 5.77. The van der Waals surface area contributed by atoms with Gasteiger partial charge < -0.3 is 25.3 Å². The Kier molecular flexibility index (Phi) is 3.73. The van der Waals surface area contributed by atoms with Crippen molar-refractivity contribution in [1.29, 1.82) is 0 Å². The van der Waals surface area contributed by atoms with E-state index in [-0.39, 0.29) is 23.4 Å². The summed E-state index contributed by atoms with van der Waals surface area (Å²) in [6.45, 7) is 0.967. The molecule has 0 amide bonds. The smallest absolute Gasteiger partial charge is 0.345 e. The summed E-state index contributed by atoms with van der Waals surface area (Å²) in [6.07, 6.45) is 2.24. The molecule has 128 valence electrons. The average Bonchev–Trinajstić information content (AvgIpc) is 3.24. The van der Waals surface area contributed by atoms with Crippen LogP contribution in [-0.2, 0) is 4.74 Å². The first-order chi connectivity index (χ1) is 12.1. The minimum absolute atomic E-state index is 0.0296. The molecule has 0 saturated carbocycles. The van der Waals surface area contributed by atoms with Crippen molar-refractivity contribution in [2.24, 2.45) is 0 Å². The molecule has 1 aromatic carbocycles. The number of ether oxygens (including phenoxy) is 2. The third-order valence-electron chi connectivity index (χ3n) is 4.12. The quantitative estimate of drug-likeness (QED) is 0.664. The van der Waals surface area contributed by atoms with Crippen LogP contribution in [0, 0.1) is 0 Å². The molecule has 2 aromatic heterocycles. The van der Waals surface area contributed by atoms with Crippen molar-refractivity contribution in [2.75, 3.05) is 18.9 Å². The van der Waals surface area contributed by atoms with Gasteiger partial charge in [-0.15, -0.1) is 0 Å². The van der Waals surface area contributed by atoms with Crippen molar-refractivity contribution in [2.45, 2.75) is 12.5 Å². The summed E-state index contributed by atoms with van der Waals surface area (Å²) in [7, 11) is 0. The van der Waals surface area contributed by atoms with Gasteiger partial charge in [0.15, 0.2) is 11.4 Å². The normalized spacial score (nSPS) is 17.0. The number of nitrogens with zero attached hydrogens (tertiary/aromatic N) is 2. The van der Waals surface area contributed by atoms with Gasteiger partial charge in [0.25, 0.3) is 0 Å². The summed E-state index contributed by atoms with van der Waals surface area (Å²) in [5.74, 6) is -1.06. The van der Waals surface area contributed by atoms with E-state index in [4.69, 9.17) is 15.2 Å². The number of nitrogens with two attached hydrogens (primary N) is 1. The molecular weight excluding hydrogens is 324 g/mol. The van der Waals surface area contributed by atoms with Gasteiger partial charge in [-0.3, -0.25) is 0 Å². The summed E-state index contributed by atoms with van der Waals surface area (Å²) >= 11 is 0. The highest BCUT2D eigenvalue weighted by Crippen LogP contribution is 2.31. The van der Waals surface area contributed by atoms with Gasteiger partial charge >= 0.3 is 5.97 Å². The number of H-pyrrole nitrogens is 1. The molecule has 25 heavy (non-hydrogen) atoms. The highest BCUT2D eigenvalue weighted by molar-refractivity contribution is 5.97. The Morgan fingerprint density at radius 1 is 1.36 bits per heavy atom. The van der Waals surface area contributed by atoms with Gasteiger partial charge in [-0.2, -0.15) is 4.98 Å². The van der Waals surface area contributed by atoms with Gasteiger partial charge in [0, 0.05) is 29.1 Å². The number of carbonyl (C=O) groups is 1. The number of hydrogen-bond donors (Lipinski definition) is 3. The number of fused-ring (bicyclic) bond motifs is 1. The van der Waals surface area contributed by atoms with E-state index in [1.807, 2.05) is 30.5 Å². The molecule has 8 heteroatoms. The lowest BCUT2D eigenvalue weighted by molar-refractivity contribution is 0.0686. The number of rotatable bonds is 4. The minimum Gasteiger partial charge on any atom is -0.477 e. The number of nitrogens with one attached hydrogen (secondary N) is 1. The number of carboxylic acid groups (broad SMARTS) is 1. The number of carboxylic acids is 1. The van der Waals surface area contributed by atoms with Crippen LogP contribution in [0.1, 0.15) is 16.8 Å². The zero-order valence-corrected chi connectivity index (χ0v) is 13.2. The number of hydrogen-bond acceptors (Lipinski definition) is 6. The Hall–Kier alpha value is -3.13. The molecule has 1 aliphatic heterocycles. The minimum atomic E-state index is -1.22. The topological polar surface area (TPSA) is 123 Å². The Bertz CT molecular complexity index is 947.